The first-order valence-corrected chi connectivity index (χ1v) is 26.7. The second-order valence-corrected chi connectivity index (χ2v) is 20.4. The van der Waals surface area contributed by atoms with Gasteiger partial charge in [0.15, 0.2) is 0 Å². The maximum absolute atomic E-state index is 14.4. The van der Waals surface area contributed by atoms with E-state index in [2.05, 4.69) is 56.8 Å². The van der Waals surface area contributed by atoms with E-state index in [0.717, 1.165) is 26.9 Å². The van der Waals surface area contributed by atoms with Crippen LogP contribution in [0.4, 0.5) is 0 Å². The molecule has 0 bridgehead atoms. The largest absolute Gasteiger partial charge is 0.368 e. The molecule has 22 nitrogen and oxygen atoms in total. The maximum atomic E-state index is 14.4. The molecule has 3 aromatic heterocycles. The number of aromatic nitrogens is 5. The Hall–Kier alpha value is -8.66. The fraction of sp³-hybridized carbons (Fsp3) is 0.404. The van der Waals surface area contributed by atoms with Gasteiger partial charge < -0.3 is 62.4 Å². The summed E-state index contributed by atoms with van der Waals surface area (Å²) < 4.78 is 0. The molecule has 0 radical (unpaired) electrons. The van der Waals surface area contributed by atoms with E-state index in [1.54, 1.807) is 37.3 Å². The lowest BCUT2D eigenvalue weighted by Gasteiger charge is -2.31. The number of likely N-dealkylation sites (tertiary alicyclic amines) is 1. The van der Waals surface area contributed by atoms with Gasteiger partial charge in [0.1, 0.15) is 30.2 Å². The zero-order chi connectivity index (χ0) is 56.4. The Bertz CT molecular complexity index is 2990. The van der Waals surface area contributed by atoms with Crippen LogP contribution in [0.15, 0.2) is 116 Å². The van der Waals surface area contributed by atoms with E-state index in [0.29, 0.717) is 55.7 Å². The second kappa shape index (κ2) is 28.1. The van der Waals surface area contributed by atoms with E-state index in [4.69, 9.17) is 5.73 Å². The van der Waals surface area contributed by atoms with Crippen molar-refractivity contribution >= 4 is 58.2 Å². The van der Waals surface area contributed by atoms with Crippen LogP contribution in [0.2, 0.25) is 0 Å². The number of rotatable bonds is 28. The highest BCUT2D eigenvalue weighted by Gasteiger charge is 2.37. The van der Waals surface area contributed by atoms with Gasteiger partial charge in [-0.3, -0.25) is 38.4 Å². The number of fused-ring (bicyclic) bond motifs is 1. The number of nitrogens with two attached hydrogens (primary N) is 1. The molecule has 4 heterocycles. The standard InChI is InChI=1S/C57H72N14O8/c1-35(2)51(57(79)70(4)32-50(73)67-48(27-41-30-60-34-64-41)56(78)71-23-13-18-42(71)31-62-45(52(58)74)24-38-16-9-6-10-17-38)69-53(75)36(3)65-54(76)46(25-39-28-61-44-20-12-11-19-43(39)44)68-55(77)47(26-40-29-59-33-63-40)66-49(72)22-21-37-14-7-5-8-15-37/h5-12,14-17,19-20,28-30,33-36,42,45-48,51,61-62H,13,18,21-27,31-32H2,1-4H3,(H2,58,74)(H,59,63)(H,60,64)(H,65,76)(H,66,72)(H,67,73)(H,68,77)(H,69,75)/t36-,42-,45-,46-,47-,48-,51-/m0/s1. The summed E-state index contributed by atoms with van der Waals surface area (Å²) in [6, 6.07) is 19.7. The van der Waals surface area contributed by atoms with Gasteiger partial charge in [-0.1, -0.05) is 92.7 Å². The number of nitrogens with one attached hydrogen (secondary N) is 9. The molecule has 22 heteroatoms. The summed E-state index contributed by atoms with van der Waals surface area (Å²) in [6.45, 7) is 5.15. The Labute approximate surface area is 458 Å². The van der Waals surface area contributed by atoms with Gasteiger partial charge in [-0.2, -0.15) is 0 Å². The van der Waals surface area contributed by atoms with Crippen molar-refractivity contribution in [2.45, 2.75) is 114 Å². The number of para-hydroxylation sites is 1. The van der Waals surface area contributed by atoms with Crippen molar-refractivity contribution in [3.63, 3.8) is 0 Å². The van der Waals surface area contributed by atoms with Crippen LogP contribution in [0.25, 0.3) is 10.9 Å². The van der Waals surface area contributed by atoms with E-state index in [-0.39, 0.29) is 43.5 Å². The van der Waals surface area contributed by atoms with Crippen molar-refractivity contribution in [3.8, 4) is 0 Å². The van der Waals surface area contributed by atoms with Crippen molar-refractivity contribution in [3.05, 3.63) is 144 Å². The van der Waals surface area contributed by atoms with Gasteiger partial charge in [0.2, 0.25) is 47.3 Å². The number of hydrogen-bond acceptors (Lipinski definition) is 11. The molecule has 1 saturated heterocycles. The lowest BCUT2D eigenvalue weighted by molar-refractivity contribution is -0.141. The van der Waals surface area contributed by atoms with Crippen molar-refractivity contribution in [2.75, 3.05) is 26.7 Å². The Morgan fingerprint density at radius 2 is 1.28 bits per heavy atom. The van der Waals surface area contributed by atoms with Gasteiger partial charge in [0, 0.05) is 92.7 Å². The van der Waals surface area contributed by atoms with Crippen LogP contribution in [0.1, 0.15) is 68.1 Å². The van der Waals surface area contributed by atoms with E-state index in [1.165, 1.54) is 26.6 Å². The summed E-state index contributed by atoms with van der Waals surface area (Å²) in [6.07, 6.45) is 10.2. The minimum Gasteiger partial charge on any atom is -0.368 e. The molecule has 0 unspecified atom stereocenters. The molecule has 3 aromatic carbocycles. The first-order valence-electron chi connectivity index (χ1n) is 26.7. The van der Waals surface area contributed by atoms with Crippen molar-refractivity contribution in [1.29, 1.82) is 0 Å². The Morgan fingerprint density at radius 3 is 1.92 bits per heavy atom. The quantitative estimate of drug-likeness (QED) is 0.0336. The number of carbonyl (C=O) groups is 8. The summed E-state index contributed by atoms with van der Waals surface area (Å²) in [5.41, 5.74) is 10.3. The van der Waals surface area contributed by atoms with Crippen LogP contribution in [-0.2, 0) is 70.5 Å². The van der Waals surface area contributed by atoms with Crippen molar-refractivity contribution < 1.29 is 38.4 Å². The molecule has 418 valence electrons. The average molecular weight is 1080 g/mol. The van der Waals surface area contributed by atoms with Crippen LogP contribution in [0, 0.1) is 5.92 Å². The number of carbonyl (C=O) groups excluding carboxylic acids is 8. The molecule has 1 aliphatic heterocycles. The molecule has 79 heavy (non-hydrogen) atoms. The predicted molar refractivity (Wildman–Crippen MR) is 295 cm³/mol. The van der Waals surface area contributed by atoms with Gasteiger partial charge in [0.05, 0.1) is 25.2 Å². The van der Waals surface area contributed by atoms with E-state index < -0.39 is 84.2 Å². The number of H-pyrrole nitrogens is 3. The number of nitrogens with zero attached hydrogens (tertiary/aromatic N) is 4. The molecule has 7 rings (SSSR count). The lowest BCUT2D eigenvalue weighted by atomic mass is 10.0. The van der Waals surface area contributed by atoms with Crippen LogP contribution in [-0.4, -0.2) is 151 Å². The number of benzene rings is 3. The topological polar surface area (TPSA) is 314 Å². The fourth-order valence-electron chi connectivity index (χ4n) is 9.69. The first kappa shape index (κ1) is 58.0. The molecule has 7 atom stereocenters. The molecule has 6 aromatic rings. The highest BCUT2D eigenvalue weighted by atomic mass is 16.2. The van der Waals surface area contributed by atoms with Crippen molar-refractivity contribution in [2.24, 2.45) is 11.7 Å². The molecule has 1 aliphatic rings. The van der Waals surface area contributed by atoms with Crippen LogP contribution < -0.4 is 37.6 Å². The molecule has 0 saturated carbocycles. The van der Waals surface area contributed by atoms with Gasteiger partial charge in [-0.15, -0.1) is 0 Å². The normalized spacial score (nSPS) is 15.5. The maximum Gasteiger partial charge on any atom is 0.245 e. The summed E-state index contributed by atoms with van der Waals surface area (Å²) in [4.78, 5) is 131. The average Bonchev–Trinajstić information content (AvgIpc) is 4.35. The van der Waals surface area contributed by atoms with Gasteiger partial charge in [0.25, 0.3) is 0 Å². The summed E-state index contributed by atoms with van der Waals surface area (Å²) >= 11 is 0. The molecule has 0 spiro atoms. The van der Waals surface area contributed by atoms with Crippen molar-refractivity contribution in [1.82, 2.24) is 66.6 Å². The minimum atomic E-state index is -1.24. The van der Waals surface area contributed by atoms with Gasteiger partial charge >= 0.3 is 0 Å². The predicted octanol–water partition coefficient (Wildman–Crippen LogP) is 1.51. The number of amides is 8. The highest BCUT2D eigenvalue weighted by molar-refractivity contribution is 5.97. The number of primary amides is 1. The smallest absolute Gasteiger partial charge is 0.245 e. The Morgan fingerprint density at radius 1 is 0.671 bits per heavy atom. The zero-order valence-electron chi connectivity index (χ0n) is 45.0. The zero-order valence-corrected chi connectivity index (χ0v) is 45.0. The van der Waals surface area contributed by atoms with Crippen LogP contribution in [0.3, 0.4) is 0 Å². The summed E-state index contributed by atoms with van der Waals surface area (Å²) in [5, 5.41) is 18.1. The minimum absolute atomic E-state index is 0.00531. The van der Waals surface area contributed by atoms with Crippen LogP contribution >= 0.6 is 0 Å². The second-order valence-electron chi connectivity index (χ2n) is 20.4. The number of aryl methyl sites for hydroxylation is 1. The fourth-order valence-corrected chi connectivity index (χ4v) is 9.69. The van der Waals surface area contributed by atoms with Gasteiger partial charge in [-0.05, 0) is 61.3 Å². The first-order chi connectivity index (χ1) is 38.0. The van der Waals surface area contributed by atoms with Gasteiger partial charge in [-0.25, -0.2) is 9.97 Å². The molecular weight excluding hydrogens is 1010 g/mol. The third-order valence-electron chi connectivity index (χ3n) is 14.1. The van der Waals surface area contributed by atoms with E-state index in [9.17, 15) is 38.4 Å². The Balaban J connectivity index is 0.982. The van der Waals surface area contributed by atoms with E-state index >= 15 is 0 Å². The molecule has 11 N–H and O–H groups in total. The monoisotopic (exact) mass is 1080 g/mol. The van der Waals surface area contributed by atoms with Crippen LogP contribution in [0.5, 0.6) is 0 Å². The highest BCUT2D eigenvalue weighted by Crippen LogP contribution is 2.21. The molecule has 8 amide bonds. The number of aromatic amines is 3. The number of likely N-dealkylation sites (N-methyl/N-ethyl adjacent to an activating group) is 1. The third kappa shape index (κ3) is 16.7. The summed E-state index contributed by atoms with van der Waals surface area (Å²) in [5.74, 6) is -4.99. The molecular formula is C57H72N14O8. The Kier molecular flexibility index (Phi) is 20.6. The third-order valence-corrected chi connectivity index (χ3v) is 14.1. The molecule has 1 fully saturated rings. The SMILES string of the molecule is CC(C)[C@H](NC(=O)[C@H](C)NC(=O)[C@H](Cc1c[nH]c2ccccc12)NC(=O)[C@H](Cc1cnc[nH]1)NC(=O)CCc1ccccc1)C(=O)N(C)CC(=O)N[C@@H](Cc1cnc[nH]1)C(=O)N1CCC[C@H]1CN[C@@H](Cc1ccccc1)C(N)=O. The van der Waals surface area contributed by atoms with E-state index in [1.807, 2.05) is 84.9 Å². The molecule has 0 aliphatic carbocycles. The number of imidazole rings is 2. The summed E-state index contributed by atoms with van der Waals surface area (Å²) in [7, 11) is 1.41. The number of hydrogen-bond donors (Lipinski definition) is 10. The lowest BCUT2D eigenvalue weighted by Crippen LogP contribution is -2.59.